The van der Waals surface area contributed by atoms with Gasteiger partial charge in [0.05, 0.1) is 10.7 Å². The fraction of sp³-hybridized carbons (Fsp3) is 0.400. The second-order valence-corrected chi connectivity index (χ2v) is 6.89. The Labute approximate surface area is 126 Å². The molecule has 1 unspecified atom stereocenters. The predicted molar refractivity (Wildman–Crippen MR) is 83.8 cm³/mol. The number of rotatable bonds is 3. The number of benzene rings is 1. The summed E-state index contributed by atoms with van der Waals surface area (Å²) in [6.45, 7) is 0. The Hall–Kier alpha value is -0.710. The summed E-state index contributed by atoms with van der Waals surface area (Å²) in [5, 5.41) is 4.65. The Morgan fingerprint density at radius 2 is 2.26 bits per heavy atom. The van der Waals surface area contributed by atoms with E-state index in [-0.39, 0.29) is 0 Å². The van der Waals surface area contributed by atoms with Gasteiger partial charge in [0, 0.05) is 21.8 Å². The van der Waals surface area contributed by atoms with E-state index >= 15 is 0 Å². The fourth-order valence-electron chi connectivity index (χ4n) is 2.63. The number of hydrogen-bond donors (Lipinski definition) is 1. The van der Waals surface area contributed by atoms with Gasteiger partial charge in [-0.25, -0.2) is 4.98 Å². The van der Waals surface area contributed by atoms with Crippen molar-refractivity contribution in [3.05, 3.63) is 49.9 Å². The van der Waals surface area contributed by atoms with Gasteiger partial charge in [-0.15, -0.1) is 11.3 Å². The molecular formula is C15H17BrN2S. The highest BCUT2D eigenvalue weighted by atomic mass is 79.9. The van der Waals surface area contributed by atoms with Crippen LogP contribution in [0.2, 0.25) is 0 Å². The van der Waals surface area contributed by atoms with Crippen molar-refractivity contribution in [3.8, 4) is 0 Å². The van der Waals surface area contributed by atoms with Crippen molar-refractivity contribution in [2.45, 2.75) is 31.7 Å². The lowest BCUT2D eigenvalue weighted by Crippen LogP contribution is -2.19. The zero-order valence-electron chi connectivity index (χ0n) is 10.9. The average Bonchev–Trinajstić information content (AvgIpc) is 2.83. The molecule has 1 aromatic heterocycles. The molecule has 0 amide bonds. The first-order chi connectivity index (χ1) is 9.28. The zero-order chi connectivity index (χ0) is 13.2. The molecule has 0 fully saturated rings. The summed E-state index contributed by atoms with van der Waals surface area (Å²) >= 11 is 5.49. The van der Waals surface area contributed by atoms with Gasteiger partial charge in [0.2, 0.25) is 0 Å². The van der Waals surface area contributed by atoms with Crippen LogP contribution in [0.5, 0.6) is 0 Å². The molecule has 2 nitrogen and oxygen atoms in total. The summed E-state index contributed by atoms with van der Waals surface area (Å²) < 4.78 is 1.17. The van der Waals surface area contributed by atoms with Gasteiger partial charge in [0.25, 0.3) is 0 Å². The molecule has 0 radical (unpaired) electrons. The number of nitrogens with zero attached hydrogens (tertiary/aromatic N) is 1. The molecule has 1 aliphatic carbocycles. The van der Waals surface area contributed by atoms with E-state index in [0.29, 0.717) is 6.04 Å². The largest absolute Gasteiger partial charge is 0.312 e. The van der Waals surface area contributed by atoms with E-state index in [9.17, 15) is 0 Å². The molecule has 1 aromatic carbocycles. The van der Waals surface area contributed by atoms with Crippen LogP contribution in [0.25, 0.3) is 0 Å². The Bertz CT molecular complexity index is 579. The minimum absolute atomic E-state index is 0.509. The lowest BCUT2D eigenvalue weighted by Gasteiger charge is -2.20. The SMILES string of the molecule is CNC1CCCc2nc(Cc3ccccc3Br)sc21. The summed E-state index contributed by atoms with van der Waals surface area (Å²) in [5.41, 5.74) is 2.63. The summed E-state index contributed by atoms with van der Waals surface area (Å²) in [6.07, 6.45) is 4.55. The van der Waals surface area contributed by atoms with Crippen LogP contribution in [-0.4, -0.2) is 12.0 Å². The first-order valence-corrected chi connectivity index (χ1v) is 8.28. The highest BCUT2D eigenvalue weighted by Gasteiger charge is 2.23. The van der Waals surface area contributed by atoms with Gasteiger partial charge in [-0.3, -0.25) is 0 Å². The molecule has 0 aliphatic heterocycles. The average molecular weight is 337 g/mol. The Morgan fingerprint density at radius 3 is 3.05 bits per heavy atom. The van der Waals surface area contributed by atoms with Crippen LogP contribution in [0.4, 0.5) is 0 Å². The van der Waals surface area contributed by atoms with Crippen LogP contribution in [-0.2, 0) is 12.8 Å². The number of thiazole rings is 1. The maximum Gasteiger partial charge on any atom is 0.0975 e. The van der Waals surface area contributed by atoms with E-state index in [4.69, 9.17) is 4.98 Å². The molecule has 19 heavy (non-hydrogen) atoms. The molecule has 0 saturated carbocycles. The Kier molecular flexibility index (Phi) is 4.01. The predicted octanol–water partition coefficient (Wildman–Crippen LogP) is 4.09. The number of aromatic nitrogens is 1. The van der Waals surface area contributed by atoms with Crippen LogP contribution in [0.1, 0.15) is 40.0 Å². The topological polar surface area (TPSA) is 24.9 Å². The molecule has 0 bridgehead atoms. The second kappa shape index (κ2) is 5.73. The highest BCUT2D eigenvalue weighted by molar-refractivity contribution is 9.10. The van der Waals surface area contributed by atoms with Crippen molar-refractivity contribution in [1.29, 1.82) is 0 Å². The highest BCUT2D eigenvalue weighted by Crippen LogP contribution is 2.35. The first-order valence-electron chi connectivity index (χ1n) is 6.67. The van der Waals surface area contributed by atoms with Crippen LogP contribution >= 0.6 is 27.3 Å². The van der Waals surface area contributed by atoms with Crippen molar-refractivity contribution >= 4 is 27.3 Å². The molecule has 0 spiro atoms. The first kappa shape index (κ1) is 13.3. The molecule has 100 valence electrons. The molecule has 2 aromatic rings. The quantitative estimate of drug-likeness (QED) is 0.912. The van der Waals surface area contributed by atoms with Gasteiger partial charge in [-0.05, 0) is 37.9 Å². The van der Waals surface area contributed by atoms with Gasteiger partial charge < -0.3 is 5.32 Å². The van der Waals surface area contributed by atoms with Crippen molar-refractivity contribution in [2.75, 3.05) is 7.05 Å². The standard InChI is InChI=1S/C15H17BrN2S/c1-17-12-7-4-8-13-15(12)19-14(18-13)9-10-5-2-3-6-11(10)16/h2-3,5-6,12,17H,4,7-9H2,1H3. The second-order valence-electron chi connectivity index (χ2n) is 4.92. The lowest BCUT2D eigenvalue weighted by molar-refractivity contribution is 0.501. The summed E-state index contributed by atoms with van der Waals surface area (Å²) in [4.78, 5) is 6.30. The van der Waals surface area contributed by atoms with Crippen molar-refractivity contribution in [2.24, 2.45) is 0 Å². The number of hydrogen-bond acceptors (Lipinski definition) is 3. The maximum absolute atomic E-state index is 4.84. The summed E-state index contributed by atoms with van der Waals surface area (Å²) in [7, 11) is 2.05. The third kappa shape index (κ3) is 2.76. The summed E-state index contributed by atoms with van der Waals surface area (Å²) in [5.74, 6) is 0. The smallest absolute Gasteiger partial charge is 0.0975 e. The molecule has 1 heterocycles. The van der Waals surface area contributed by atoms with E-state index in [1.807, 2.05) is 18.4 Å². The van der Waals surface area contributed by atoms with E-state index in [0.717, 1.165) is 12.8 Å². The maximum atomic E-state index is 4.84. The van der Waals surface area contributed by atoms with Crippen molar-refractivity contribution in [1.82, 2.24) is 10.3 Å². The Balaban J connectivity index is 1.87. The Morgan fingerprint density at radius 1 is 1.42 bits per heavy atom. The van der Waals surface area contributed by atoms with E-state index < -0.39 is 0 Å². The minimum Gasteiger partial charge on any atom is -0.312 e. The molecule has 4 heteroatoms. The molecule has 0 saturated heterocycles. The third-order valence-corrected chi connectivity index (χ3v) is 5.63. The normalized spacial score (nSPS) is 18.3. The van der Waals surface area contributed by atoms with Gasteiger partial charge in [-0.2, -0.15) is 0 Å². The van der Waals surface area contributed by atoms with E-state index in [1.165, 1.54) is 38.5 Å². The lowest BCUT2D eigenvalue weighted by atomic mass is 9.98. The van der Waals surface area contributed by atoms with Crippen molar-refractivity contribution < 1.29 is 0 Å². The van der Waals surface area contributed by atoms with Gasteiger partial charge in [0.1, 0.15) is 0 Å². The van der Waals surface area contributed by atoms with Crippen LogP contribution in [0, 0.1) is 0 Å². The molecule has 1 aliphatic rings. The number of halogens is 1. The number of fused-ring (bicyclic) bond motifs is 1. The van der Waals surface area contributed by atoms with Crippen molar-refractivity contribution in [3.63, 3.8) is 0 Å². The van der Waals surface area contributed by atoms with Gasteiger partial charge >= 0.3 is 0 Å². The van der Waals surface area contributed by atoms with Gasteiger partial charge in [0.15, 0.2) is 0 Å². The number of nitrogens with one attached hydrogen (secondary N) is 1. The number of aryl methyl sites for hydroxylation is 1. The van der Waals surface area contributed by atoms with Crippen LogP contribution < -0.4 is 5.32 Å². The molecule has 3 rings (SSSR count). The zero-order valence-corrected chi connectivity index (χ0v) is 13.4. The summed E-state index contributed by atoms with van der Waals surface area (Å²) in [6, 6.07) is 8.91. The van der Waals surface area contributed by atoms with E-state index in [2.05, 4.69) is 45.5 Å². The van der Waals surface area contributed by atoms with Crippen LogP contribution in [0.15, 0.2) is 28.7 Å². The fourth-order valence-corrected chi connectivity index (χ4v) is 4.33. The van der Waals surface area contributed by atoms with Gasteiger partial charge in [-0.1, -0.05) is 34.1 Å². The third-order valence-electron chi connectivity index (χ3n) is 3.64. The monoisotopic (exact) mass is 336 g/mol. The molecule has 1 N–H and O–H groups in total. The van der Waals surface area contributed by atoms with Crippen LogP contribution in [0.3, 0.4) is 0 Å². The molecule has 1 atom stereocenters. The minimum atomic E-state index is 0.509. The van der Waals surface area contributed by atoms with E-state index in [1.54, 1.807) is 0 Å². The molecular weight excluding hydrogens is 320 g/mol.